The fourth-order valence-electron chi connectivity index (χ4n) is 5.41. The van der Waals surface area contributed by atoms with E-state index < -0.39 is 40.7 Å². The summed E-state index contributed by atoms with van der Waals surface area (Å²) in [5.41, 5.74) is -1.92. The fraction of sp³-hybridized carbons (Fsp3) is 0.286. The minimum Gasteiger partial charge on any atom is -0.458 e. The quantitative estimate of drug-likeness (QED) is 0.218. The van der Waals surface area contributed by atoms with Gasteiger partial charge in [-0.05, 0) is 70.7 Å². The van der Waals surface area contributed by atoms with E-state index in [2.05, 4.69) is 26.7 Å². The largest absolute Gasteiger partial charge is 0.458 e. The molecule has 244 valence electrons. The van der Waals surface area contributed by atoms with Crippen molar-refractivity contribution in [2.24, 2.45) is 7.05 Å². The predicted octanol–water partition coefficient (Wildman–Crippen LogP) is 5.93. The second-order valence-electron chi connectivity index (χ2n) is 13.1. The number of carbonyl (C=O) groups is 2. The highest BCUT2D eigenvalue weighted by Crippen LogP contribution is 2.40. The van der Waals surface area contributed by atoms with Gasteiger partial charge in [-0.15, -0.1) is 0 Å². The second kappa shape index (κ2) is 12.3. The van der Waals surface area contributed by atoms with Gasteiger partial charge in [-0.3, -0.25) is 9.48 Å². The number of nitrogens with one attached hydrogen (secondary N) is 2. The van der Waals surface area contributed by atoms with Gasteiger partial charge < -0.3 is 14.8 Å². The lowest BCUT2D eigenvalue weighted by atomic mass is 9.91. The van der Waals surface area contributed by atoms with Crippen molar-refractivity contribution in [2.45, 2.75) is 58.8 Å². The zero-order valence-corrected chi connectivity index (χ0v) is 27.4. The first-order valence-electron chi connectivity index (χ1n) is 14.9. The number of hydrogen-bond donors (Lipinski definition) is 2. The molecule has 0 aliphatic rings. The molecule has 5 aromatic rings. The van der Waals surface area contributed by atoms with E-state index in [0.717, 1.165) is 0 Å². The predicted molar refractivity (Wildman–Crippen MR) is 175 cm³/mol. The summed E-state index contributed by atoms with van der Waals surface area (Å²) >= 11 is 0. The number of amides is 1. The van der Waals surface area contributed by atoms with E-state index in [9.17, 15) is 24.9 Å². The van der Waals surface area contributed by atoms with Crippen molar-refractivity contribution in [3.8, 4) is 34.5 Å². The molecule has 0 fully saturated rings. The Balaban J connectivity index is 1.79. The fourth-order valence-corrected chi connectivity index (χ4v) is 5.41. The summed E-state index contributed by atoms with van der Waals surface area (Å²) in [4.78, 5) is 39.7. The maximum absolute atomic E-state index is 15.9. The van der Waals surface area contributed by atoms with E-state index in [1.165, 1.54) is 29.1 Å². The van der Waals surface area contributed by atoms with Crippen molar-refractivity contribution in [3.05, 3.63) is 81.7 Å². The first kappa shape index (κ1) is 33.3. The van der Waals surface area contributed by atoms with Crippen LogP contribution in [0.15, 0.2) is 53.5 Å². The number of aromatic nitrogens is 4. The number of ether oxygens (including phenoxy) is 2. The zero-order chi connectivity index (χ0) is 35.1. The van der Waals surface area contributed by atoms with Gasteiger partial charge in [-0.2, -0.15) is 20.7 Å². The van der Waals surface area contributed by atoms with E-state index in [-0.39, 0.29) is 38.9 Å². The summed E-state index contributed by atoms with van der Waals surface area (Å²) in [7, 11) is 1.59. The lowest BCUT2D eigenvalue weighted by molar-refractivity contribution is -0.157. The standard InChI is InChI=1S/C35H32FN7O5/c1-34(2,3)47-32(45)29(40-33(46)48-35(4,5)6)28-22-13-19(12-20(15-37)26(22)31(44)42-41-28)24-17-39-43(7)30(24)27-23(16-38)21-11-9-8-10-18(21)14-25(27)36/h8-14,17,29H,1-7H3,(H,40,46)(H,42,44). The van der Waals surface area contributed by atoms with Crippen molar-refractivity contribution < 1.29 is 23.5 Å². The molecule has 0 saturated carbocycles. The SMILES string of the molecule is Cn1ncc(-c2cc(C#N)c3c(=O)[nH]nc(C(NC(=O)OC(C)(C)C)C(=O)OC(C)(C)C)c3c2)c1-c1c(F)cc2ccccc2c1C#N. The Morgan fingerprint density at radius 1 is 1.00 bits per heavy atom. The summed E-state index contributed by atoms with van der Waals surface area (Å²) in [6.45, 7) is 9.88. The number of carbonyl (C=O) groups excluding carboxylic acids is 2. The third kappa shape index (κ3) is 6.44. The molecule has 0 radical (unpaired) electrons. The number of esters is 1. The van der Waals surface area contributed by atoms with Crippen LogP contribution >= 0.6 is 0 Å². The highest BCUT2D eigenvalue weighted by atomic mass is 19.1. The molecule has 1 unspecified atom stereocenters. The van der Waals surface area contributed by atoms with E-state index in [4.69, 9.17) is 9.47 Å². The van der Waals surface area contributed by atoms with Crippen LogP contribution in [0.3, 0.4) is 0 Å². The highest BCUT2D eigenvalue weighted by Gasteiger charge is 2.34. The molecule has 0 aliphatic carbocycles. The van der Waals surface area contributed by atoms with Crippen LogP contribution in [0.5, 0.6) is 0 Å². The topological polar surface area (TPSA) is 176 Å². The number of rotatable bonds is 5. The zero-order valence-electron chi connectivity index (χ0n) is 27.4. The molecule has 1 atom stereocenters. The third-order valence-electron chi connectivity index (χ3n) is 7.22. The average Bonchev–Trinajstić information content (AvgIpc) is 3.37. The van der Waals surface area contributed by atoms with Crippen molar-refractivity contribution in [3.63, 3.8) is 0 Å². The number of aryl methyl sites for hydroxylation is 1. The molecule has 5 rings (SSSR count). The Labute approximate surface area is 274 Å². The third-order valence-corrected chi connectivity index (χ3v) is 7.22. The minimum atomic E-state index is -1.59. The number of H-pyrrole nitrogens is 1. The molecular weight excluding hydrogens is 617 g/mol. The van der Waals surface area contributed by atoms with E-state index in [1.807, 2.05) is 6.07 Å². The summed E-state index contributed by atoms with van der Waals surface area (Å²) in [6.07, 6.45) is 0.486. The van der Waals surface area contributed by atoms with Crippen LogP contribution in [0.1, 0.15) is 64.4 Å². The number of halogens is 1. The van der Waals surface area contributed by atoms with Gasteiger partial charge in [0.1, 0.15) is 34.9 Å². The van der Waals surface area contributed by atoms with Gasteiger partial charge in [0.05, 0.1) is 34.0 Å². The van der Waals surface area contributed by atoms with E-state index in [0.29, 0.717) is 21.9 Å². The maximum atomic E-state index is 15.9. The lowest BCUT2D eigenvalue weighted by Gasteiger charge is -2.26. The Bertz CT molecular complexity index is 2260. The van der Waals surface area contributed by atoms with Gasteiger partial charge in [-0.1, -0.05) is 24.3 Å². The lowest BCUT2D eigenvalue weighted by Crippen LogP contribution is -2.41. The van der Waals surface area contributed by atoms with Gasteiger partial charge in [-0.25, -0.2) is 19.1 Å². The number of fused-ring (bicyclic) bond motifs is 2. The van der Waals surface area contributed by atoms with Crippen molar-refractivity contribution in [1.29, 1.82) is 10.5 Å². The Hall–Kier alpha value is -6.08. The number of hydrogen-bond acceptors (Lipinski definition) is 9. The molecule has 2 N–H and O–H groups in total. The summed E-state index contributed by atoms with van der Waals surface area (Å²) < 4.78 is 28.3. The van der Waals surface area contributed by atoms with Gasteiger partial charge in [0, 0.05) is 23.4 Å². The van der Waals surface area contributed by atoms with Gasteiger partial charge in [0.25, 0.3) is 5.56 Å². The molecule has 2 heterocycles. The Morgan fingerprint density at radius 3 is 2.33 bits per heavy atom. The van der Waals surface area contributed by atoms with Crippen LogP contribution < -0.4 is 10.9 Å². The number of nitriles is 2. The summed E-state index contributed by atoms with van der Waals surface area (Å²) in [5, 5.41) is 34.7. The molecule has 3 aromatic carbocycles. The monoisotopic (exact) mass is 649 g/mol. The molecule has 0 aliphatic heterocycles. The van der Waals surface area contributed by atoms with Crippen LogP contribution in [-0.4, -0.2) is 43.2 Å². The Morgan fingerprint density at radius 2 is 1.69 bits per heavy atom. The molecule has 12 nitrogen and oxygen atoms in total. The molecular formula is C35H32FN7O5. The van der Waals surface area contributed by atoms with Gasteiger partial charge in [0.2, 0.25) is 0 Å². The molecule has 0 bridgehead atoms. The van der Waals surface area contributed by atoms with Crippen molar-refractivity contribution in [1.82, 2.24) is 25.3 Å². The first-order valence-corrected chi connectivity index (χ1v) is 14.9. The van der Waals surface area contributed by atoms with Crippen LogP contribution in [0.25, 0.3) is 43.9 Å². The van der Waals surface area contributed by atoms with Crippen LogP contribution in [0.4, 0.5) is 9.18 Å². The van der Waals surface area contributed by atoms with E-state index in [1.54, 1.807) is 72.9 Å². The minimum absolute atomic E-state index is 0.00714. The molecule has 1 amide bonds. The van der Waals surface area contributed by atoms with Gasteiger partial charge >= 0.3 is 12.1 Å². The molecule has 48 heavy (non-hydrogen) atoms. The van der Waals surface area contributed by atoms with Gasteiger partial charge in [0.15, 0.2) is 6.04 Å². The van der Waals surface area contributed by atoms with Crippen LogP contribution in [0.2, 0.25) is 0 Å². The average molecular weight is 650 g/mol. The van der Waals surface area contributed by atoms with E-state index >= 15 is 4.39 Å². The molecule has 0 saturated heterocycles. The summed E-state index contributed by atoms with van der Waals surface area (Å²) in [5.74, 6) is -1.57. The van der Waals surface area contributed by atoms with Crippen molar-refractivity contribution in [2.75, 3.05) is 0 Å². The first-order chi connectivity index (χ1) is 22.5. The Kier molecular flexibility index (Phi) is 8.50. The smallest absolute Gasteiger partial charge is 0.408 e. The van der Waals surface area contributed by atoms with Crippen LogP contribution in [-0.2, 0) is 21.3 Å². The highest BCUT2D eigenvalue weighted by molar-refractivity contribution is 6.00. The summed E-state index contributed by atoms with van der Waals surface area (Å²) in [6, 6.07) is 13.7. The number of alkyl carbamates (subject to hydrolysis) is 1. The number of nitrogens with zero attached hydrogens (tertiary/aromatic N) is 5. The normalized spacial score (nSPS) is 12.3. The number of aromatic amines is 1. The number of benzene rings is 3. The van der Waals surface area contributed by atoms with Crippen LogP contribution in [0, 0.1) is 28.5 Å². The maximum Gasteiger partial charge on any atom is 0.408 e. The molecule has 13 heteroatoms. The molecule has 0 spiro atoms. The van der Waals surface area contributed by atoms with Crippen molar-refractivity contribution >= 4 is 33.6 Å². The second-order valence-corrected chi connectivity index (χ2v) is 13.1. The molecule has 2 aromatic heterocycles.